The van der Waals surface area contributed by atoms with E-state index in [1.807, 2.05) is 0 Å². The normalized spacial score (nSPS) is 35.3. The Kier molecular flexibility index (Phi) is 4.05. The highest BCUT2D eigenvalue weighted by atomic mass is 19.3. The molecule has 1 fully saturated rings. The van der Waals surface area contributed by atoms with Crippen LogP contribution >= 0.6 is 0 Å². The third-order valence-electron chi connectivity index (χ3n) is 7.06. The zero-order valence-corrected chi connectivity index (χ0v) is 17.0. The number of carbonyl (C=O) groups excluding carboxylic acids is 1. The van der Waals surface area contributed by atoms with Gasteiger partial charge in [-0.1, -0.05) is 12.1 Å². The fourth-order valence-corrected chi connectivity index (χ4v) is 5.42. The summed E-state index contributed by atoms with van der Waals surface area (Å²) in [6, 6.07) is 3.75. The number of carbonyl (C=O) groups is 1. The highest BCUT2D eigenvalue weighted by molar-refractivity contribution is 5.97. The average Bonchev–Trinajstić information content (AvgIpc) is 3.15. The molecule has 9 nitrogen and oxygen atoms in total. The molecule has 0 aromatic heterocycles. The molecule has 3 unspecified atom stereocenters. The van der Waals surface area contributed by atoms with Crippen LogP contribution in [0.3, 0.4) is 0 Å². The zero-order chi connectivity index (χ0) is 22.2. The van der Waals surface area contributed by atoms with Gasteiger partial charge >= 0.3 is 0 Å². The second-order valence-corrected chi connectivity index (χ2v) is 8.88. The Morgan fingerprint density at radius 3 is 2.94 bits per heavy atom. The maximum atomic E-state index is 14.0. The molecule has 5 rings (SSSR count). The van der Waals surface area contributed by atoms with Gasteiger partial charge in [-0.25, -0.2) is 13.8 Å². The lowest BCUT2D eigenvalue weighted by molar-refractivity contribution is -0.0612. The number of halogens is 2. The Hall–Kier alpha value is -2.95. The number of aliphatic imine (C=N–C) groups is 2. The van der Waals surface area contributed by atoms with Crippen molar-refractivity contribution in [2.24, 2.45) is 21.5 Å². The number of nitrogens with one attached hydrogen (secondary N) is 2. The van der Waals surface area contributed by atoms with E-state index in [4.69, 9.17) is 11.5 Å². The van der Waals surface area contributed by atoms with Crippen molar-refractivity contribution in [3.63, 3.8) is 0 Å². The molecule has 0 bridgehead atoms. The van der Waals surface area contributed by atoms with E-state index in [1.54, 1.807) is 30.0 Å². The van der Waals surface area contributed by atoms with E-state index in [0.29, 0.717) is 5.56 Å². The van der Waals surface area contributed by atoms with Crippen LogP contribution < -0.4 is 22.1 Å². The van der Waals surface area contributed by atoms with Crippen LogP contribution in [0.15, 0.2) is 28.2 Å². The highest BCUT2D eigenvalue weighted by Crippen LogP contribution is 2.44. The molecule has 4 aliphatic rings. The molecule has 7 N–H and O–H groups in total. The zero-order valence-electron chi connectivity index (χ0n) is 17.0. The number of nitrogens with zero attached hydrogens (tertiary/aromatic N) is 3. The van der Waals surface area contributed by atoms with Gasteiger partial charge in [0.25, 0.3) is 11.8 Å². The van der Waals surface area contributed by atoms with Crippen LogP contribution in [0.2, 0.25) is 0 Å². The Morgan fingerprint density at radius 1 is 1.39 bits per heavy atom. The van der Waals surface area contributed by atoms with E-state index < -0.39 is 41.6 Å². The molecule has 31 heavy (non-hydrogen) atoms. The van der Waals surface area contributed by atoms with Gasteiger partial charge in [0.2, 0.25) is 0 Å². The quantitative estimate of drug-likeness (QED) is 0.417. The summed E-state index contributed by atoms with van der Waals surface area (Å²) in [5.41, 5.74) is 10.6. The Balaban J connectivity index is 1.46. The summed E-state index contributed by atoms with van der Waals surface area (Å²) < 4.78 is 28.1. The molecule has 4 atom stereocenters. The van der Waals surface area contributed by atoms with E-state index >= 15 is 0 Å². The summed E-state index contributed by atoms with van der Waals surface area (Å²) in [5.74, 6) is -2.99. The molecule has 1 aromatic rings. The molecule has 3 aliphatic heterocycles. The second kappa shape index (κ2) is 6.28. The van der Waals surface area contributed by atoms with Crippen LogP contribution in [0.25, 0.3) is 0 Å². The van der Waals surface area contributed by atoms with Crippen molar-refractivity contribution >= 4 is 17.8 Å². The maximum absolute atomic E-state index is 14.0. The third-order valence-corrected chi connectivity index (χ3v) is 7.06. The van der Waals surface area contributed by atoms with Gasteiger partial charge in [0.1, 0.15) is 11.6 Å². The summed E-state index contributed by atoms with van der Waals surface area (Å²) in [4.78, 5) is 23.5. The van der Waals surface area contributed by atoms with Crippen molar-refractivity contribution in [3.8, 4) is 0 Å². The number of amides is 1. The van der Waals surface area contributed by atoms with Gasteiger partial charge in [-0.05, 0) is 30.5 Å². The van der Waals surface area contributed by atoms with Crippen LogP contribution in [0, 0.1) is 0 Å². The molecular formula is C20H25F2N7O2. The van der Waals surface area contributed by atoms with E-state index in [-0.39, 0.29) is 43.4 Å². The van der Waals surface area contributed by atoms with Crippen molar-refractivity contribution in [2.75, 3.05) is 13.1 Å². The van der Waals surface area contributed by atoms with Gasteiger partial charge in [0.05, 0.1) is 12.6 Å². The third kappa shape index (κ3) is 2.72. The lowest BCUT2D eigenvalue weighted by atomic mass is 9.81. The average molecular weight is 433 g/mol. The topological polar surface area (TPSA) is 141 Å². The predicted octanol–water partition coefficient (Wildman–Crippen LogP) is -0.713. The summed E-state index contributed by atoms with van der Waals surface area (Å²) in [6.07, 6.45) is -0.486. The van der Waals surface area contributed by atoms with Gasteiger partial charge < -0.3 is 32.1 Å². The fraction of sp³-hybridized carbons (Fsp3) is 0.550. The number of benzene rings is 1. The number of rotatable bonds is 2. The Morgan fingerprint density at radius 2 is 2.16 bits per heavy atom. The van der Waals surface area contributed by atoms with Crippen molar-refractivity contribution < 1.29 is 18.7 Å². The van der Waals surface area contributed by atoms with Crippen LogP contribution in [0.5, 0.6) is 0 Å². The molecule has 1 spiro atoms. The first-order valence-corrected chi connectivity index (χ1v) is 10.3. The van der Waals surface area contributed by atoms with Gasteiger partial charge in [-0.3, -0.25) is 9.79 Å². The molecule has 3 heterocycles. The van der Waals surface area contributed by atoms with Gasteiger partial charge in [0, 0.05) is 24.9 Å². The standard InChI is InChI=1S/C20H25F2N7O2/c1-18(31)14(9-29-17(24)25-8-13-20(18,29)28-16(23)27-13)26-15(30)11-4-2-3-10-5-6-19(21,22)7-12(10)11/h2-4,13-14,31H,5-9H2,1H3,(H2,24,25)(H,26,30)(H3,23,27,28)/t13?,14?,18-,20?/m0/s1. The number of aliphatic hydroxyl groups is 1. The summed E-state index contributed by atoms with van der Waals surface area (Å²) in [7, 11) is 0. The van der Waals surface area contributed by atoms with E-state index in [9.17, 15) is 18.7 Å². The Labute approximate surface area is 177 Å². The predicted molar refractivity (Wildman–Crippen MR) is 110 cm³/mol. The van der Waals surface area contributed by atoms with Crippen LogP contribution in [-0.2, 0) is 12.8 Å². The number of guanidine groups is 2. The molecular weight excluding hydrogens is 408 g/mol. The molecule has 11 heteroatoms. The van der Waals surface area contributed by atoms with Crippen molar-refractivity contribution in [1.82, 2.24) is 15.5 Å². The van der Waals surface area contributed by atoms with Gasteiger partial charge in [-0.15, -0.1) is 0 Å². The second-order valence-electron chi connectivity index (χ2n) is 8.88. The molecule has 1 aliphatic carbocycles. The number of fused-ring (bicyclic) bond motifs is 1. The van der Waals surface area contributed by atoms with E-state index in [1.165, 1.54) is 0 Å². The van der Waals surface area contributed by atoms with E-state index in [0.717, 1.165) is 5.56 Å². The number of nitrogens with two attached hydrogens (primary N) is 2. The molecule has 0 radical (unpaired) electrons. The minimum atomic E-state index is -2.84. The highest BCUT2D eigenvalue weighted by Gasteiger charge is 2.69. The number of hydrogen-bond donors (Lipinski definition) is 5. The monoisotopic (exact) mass is 433 g/mol. The van der Waals surface area contributed by atoms with Crippen molar-refractivity contribution in [1.29, 1.82) is 0 Å². The van der Waals surface area contributed by atoms with Crippen LogP contribution in [0.4, 0.5) is 8.78 Å². The van der Waals surface area contributed by atoms with Crippen LogP contribution in [-0.4, -0.2) is 70.2 Å². The minimum Gasteiger partial charge on any atom is -0.383 e. The lowest BCUT2D eigenvalue weighted by Gasteiger charge is -2.48. The summed E-state index contributed by atoms with van der Waals surface area (Å²) in [5, 5.41) is 17.5. The molecule has 166 valence electrons. The van der Waals surface area contributed by atoms with Crippen molar-refractivity contribution in [3.05, 3.63) is 34.9 Å². The number of alkyl halides is 2. The lowest BCUT2D eigenvalue weighted by Crippen LogP contribution is -2.75. The molecule has 0 saturated carbocycles. The molecule has 1 saturated heterocycles. The first-order valence-electron chi connectivity index (χ1n) is 10.3. The SMILES string of the molecule is C[C@]1(O)C(NC(=O)c2cccc3c2CC(F)(F)CC3)CN2C(N)=NCC3N=C(N)NC321. The minimum absolute atomic E-state index is 0.158. The number of hydrogen-bond acceptors (Lipinski definition) is 8. The Bertz CT molecular complexity index is 1020. The maximum Gasteiger partial charge on any atom is 0.252 e. The van der Waals surface area contributed by atoms with E-state index in [2.05, 4.69) is 20.6 Å². The molecule has 1 aromatic carbocycles. The number of aryl methyl sites for hydroxylation is 1. The van der Waals surface area contributed by atoms with Gasteiger partial charge in [-0.2, -0.15) is 0 Å². The largest absolute Gasteiger partial charge is 0.383 e. The first-order chi connectivity index (χ1) is 14.5. The van der Waals surface area contributed by atoms with Crippen molar-refractivity contribution in [2.45, 2.75) is 55.5 Å². The van der Waals surface area contributed by atoms with Gasteiger partial charge in [0.15, 0.2) is 17.6 Å². The summed E-state index contributed by atoms with van der Waals surface area (Å²) in [6.45, 7) is 1.99. The molecule has 1 amide bonds. The summed E-state index contributed by atoms with van der Waals surface area (Å²) >= 11 is 0. The van der Waals surface area contributed by atoms with Crippen LogP contribution in [0.1, 0.15) is 34.8 Å². The first kappa shape index (κ1) is 20.0. The smallest absolute Gasteiger partial charge is 0.252 e. The fourth-order valence-electron chi connectivity index (χ4n) is 5.42.